The zero-order valence-corrected chi connectivity index (χ0v) is 24.1. The number of nitrogens with zero attached hydrogens (tertiary/aromatic N) is 2. The Morgan fingerprint density at radius 1 is 1.02 bits per heavy atom. The third kappa shape index (κ3) is 9.76. The monoisotopic (exact) mass is 600 g/mol. The van der Waals surface area contributed by atoms with E-state index >= 15 is 0 Å². The molecule has 0 radical (unpaired) electrons. The van der Waals surface area contributed by atoms with Crippen molar-refractivity contribution < 1.29 is 17.9 Å². The summed E-state index contributed by atoms with van der Waals surface area (Å²) in [6, 6.07) is 22.4. The Balaban J connectivity index is 1.53. The van der Waals surface area contributed by atoms with Crippen LogP contribution in [-0.4, -0.2) is 30.1 Å². The van der Waals surface area contributed by atoms with Crippen molar-refractivity contribution in [3.63, 3.8) is 0 Å². The van der Waals surface area contributed by atoms with E-state index < -0.39 is 5.51 Å². The number of alkyl halides is 3. The van der Waals surface area contributed by atoms with Crippen molar-refractivity contribution in [2.45, 2.75) is 48.7 Å². The van der Waals surface area contributed by atoms with E-state index in [1.807, 2.05) is 36.4 Å². The first-order valence-electron chi connectivity index (χ1n) is 13.5. The van der Waals surface area contributed by atoms with Gasteiger partial charge in [-0.05, 0) is 71.5 Å². The minimum Gasteiger partial charge on any atom is -0.494 e. The second-order valence-electron chi connectivity index (χ2n) is 9.80. The number of halogens is 4. The zero-order chi connectivity index (χ0) is 29.1. The molecule has 0 amide bonds. The van der Waals surface area contributed by atoms with Gasteiger partial charge >= 0.3 is 5.51 Å². The molecule has 0 saturated heterocycles. The van der Waals surface area contributed by atoms with Gasteiger partial charge in [0.2, 0.25) is 0 Å². The molecule has 0 N–H and O–H groups in total. The molecule has 1 aliphatic carbocycles. The smallest absolute Gasteiger partial charge is 0.446 e. The molecule has 3 aromatic carbocycles. The number of hydrogen-bond acceptors (Lipinski definition) is 5. The van der Waals surface area contributed by atoms with E-state index in [4.69, 9.17) is 16.3 Å². The molecule has 4 rings (SSSR count). The standard InChI is InChI=1S/C32H32ClF3N2O2S/c33-31-27(15-8-17-30(31)41-32(34,35)36)22-38(18-9-19-40-28-16-7-10-24(20-28)21-37-39)23-29(25-11-3-1-4-12-25)26-13-5-2-6-14-26/h1,3-5,7-8,10-17,20,29H,2,6,9,18-19,21-23H2. The van der Waals surface area contributed by atoms with Crippen LogP contribution in [0.15, 0.2) is 107 Å². The molecule has 9 heteroatoms. The number of thioether (sulfide) groups is 1. The molecule has 0 aliphatic heterocycles. The Morgan fingerprint density at radius 2 is 1.83 bits per heavy atom. The highest BCUT2D eigenvalue weighted by Crippen LogP contribution is 2.41. The number of hydrogen-bond donors (Lipinski definition) is 0. The highest BCUT2D eigenvalue weighted by molar-refractivity contribution is 8.00. The Kier molecular flexibility index (Phi) is 11.5. The fourth-order valence-electron chi connectivity index (χ4n) is 4.88. The molecule has 41 heavy (non-hydrogen) atoms. The van der Waals surface area contributed by atoms with Crippen molar-refractivity contribution in [1.29, 1.82) is 0 Å². The van der Waals surface area contributed by atoms with Gasteiger partial charge in [-0.25, -0.2) is 0 Å². The average Bonchev–Trinajstić information content (AvgIpc) is 2.96. The highest BCUT2D eigenvalue weighted by Gasteiger charge is 2.31. The summed E-state index contributed by atoms with van der Waals surface area (Å²) in [6.45, 7) is 2.22. The predicted octanol–water partition coefficient (Wildman–Crippen LogP) is 9.55. The average molecular weight is 601 g/mol. The molecule has 1 atom stereocenters. The number of ether oxygens (including phenoxy) is 1. The largest absolute Gasteiger partial charge is 0.494 e. The molecule has 0 fully saturated rings. The fraction of sp³-hybridized carbons (Fsp3) is 0.312. The molecule has 1 unspecified atom stereocenters. The van der Waals surface area contributed by atoms with Crippen molar-refractivity contribution in [3.05, 3.63) is 123 Å². The molecule has 0 spiro atoms. The Labute approximate surface area is 248 Å². The van der Waals surface area contributed by atoms with Gasteiger partial charge in [0, 0.05) is 30.4 Å². The second-order valence-corrected chi connectivity index (χ2v) is 11.3. The van der Waals surface area contributed by atoms with Gasteiger partial charge in [0.1, 0.15) is 12.3 Å². The molecule has 216 valence electrons. The van der Waals surface area contributed by atoms with Crippen molar-refractivity contribution >= 4 is 23.4 Å². The number of nitroso groups, excluding NO2 is 1. The molecule has 0 saturated carbocycles. The first-order chi connectivity index (χ1) is 19.8. The third-order valence-corrected chi connectivity index (χ3v) is 8.11. The van der Waals surface area contributed by atoms with Crippen LogP contribution in [0.4, 0.5) is 13.2 Å². The van der Waals surface area contributed by atoms with E-state index in [-0.39, 0.29) is 34.1 Å². The molecule has 3 aromatic rings. The lowest BCUT2D eigenvalue weighted by molar-refractivity contribution is -0.0328. The van der Waals surface area contributed by atoms with Crippen LogP contribution in [0.25, 0.3) is 0 Å². The lowest BCUT2D eigenvalue weighted by Gasteiger charge is -2.30. The van der Waals surface area contributed by atoms with Crippen LogP contribution in [0.1, 0.15) is 41.9 Å². The van der Waals surface area contributed by atoms with Gasteiger partial charge in [0.05, 0.1) is 11.6 Å². The van der Waals surface area contributed by atoms with Crippen LogP contribution < -0.4 is 4.74 Å². The SMILES string of the molecule is O=NCc1cccc(OCCCN(Cc2cccc(SC(F)(F)F)c2Cl)CC(C2=CCCC=C2)c2ccccc2)c1. The van der Waals surface area contributed by atoms with Crippen molar-refractivity contribution in [1.82, 2.24) is 4.90 Å². The summed E-state index contributed by atoms with van der Waals surface area (Å²) in [5.41, 5.74) is -0.575. The quantitative estimate of drug-likeness (QED) is 0.105. The van der Waals surface area contributed by atoms with Gasteiger partial charge in [0.25, 0.3) is 0 Å². The van der Waals surface area contributed by atoms with Crippen molar-refractivity contribution in [3.8, 4) is 5.75 Å². The van der Waals surface area contributed by atoms with Crippen LogP contribution in [0, 0.1) is 4.91 Å². The van der Waals surface area contributed by atoms with Gasteiger partial charge in [-0.2, -0.15) is 18.1 Å². The van der Waals surface area contributed by atoms with Gasteiger partial charge < -0.3 is 4.74 Å². The summed E-state index contributed by atoms with van der Waals surface area (Å²) < 4.78 is 45.4. The minimum atomic E-state index is -4.42. The number of benzene rings is 3. The molecule has 4 nitrogen and oxygen atoms in total. The summed E-state index contributed by atoms with van der Waals surface area (Å²) in [5, 5.41) is 3.06. The Morgan fingerprint density at radius 3 is 2.56 bits per heavy atom. The van der Waals surface area contributed by atoms with Crippen LogP contribution >= 0.6 is 23.4 Å². The summed E-state index contributed by atoms with van der Waals surface area (Å²) in [4.78, 5) is 12.9. The number of allylic oxidation sites excluding steroid dienone is 3. The molecule has 0 aromatic heterocycles. The Hall–Kier alpha value is -3.07. The molecular weight excluding hydrogens is 569 g/mol. The lowest BCUT2D eigenvalue weighted by atomic mass is 9.87. The predicted molar refractivity (Wildman–Crippen MR) is 160 cm³/mol. The second kappa shape index (κ2) is 15.2. The molecule has 0 heterocycles. The van der Waals surface area contributed by atoms with Gasteiger partial charge in [-0.3, -0.25) is 4.90 Å². The normalized spacial score (nSPS) is 14.1. The topological polar surface area (TPSA) is 41.9 Å². The van der Waals surface area contributed by atoms with E-state index in [1.165, 1.54) is 17.2 Å². The lowest BCUT2D eigenvalue weighted by Crippen LogP contribution is -2.31. The summed E-state index contributed by atoms with van der Waals surface area (Å²) >= 11 is 6.33. The van der Waals surface area contributed by atoms with Crippen LogP contribution in [0.2, 0.25) is 5.02 Å². The fourth-order valence-corrected chi connectivity index (χ4v) is 5.80. The van der Waals surface area contributed by atoms with E-state index in [9.17, 15) is 18.1 Å². The third-order valence-electron chi connectivity index (χ3n) is 6.76. The highest BCUT2D eigenvalue weighted by atomic mass is 35.5. The maximum absolute atomic E-state index is 13.1. The van der Waals surface area contributed by atoms with E-state index in [1.54, 1.807) is 18.2 Å². The maximum Gasteiger partial charge on any atom is 0.446 e. The number of rotatable bonds is 14. The maximum atomic E-state index is 13.1. The minimum absolute atomic E-state index is 0.00202. The molecule has 0 bridgehead atoms. The summed E-state index contributed by atoms with van der Waals surface area (Å²) in [6.07, 6.45) is 9.30. The zero-order valence-electron chi connectivity index (χ0n) is 22.5. The molecule has 1 aliphatic rings. The van der Waals surface area contributed by atoms with Gasteiger partial charge in [-0.15, -0.1) is 0 Å². The summed E-state index contributed by atoms with van der Waals surface area (Å²) in [5.74, 6) is 0.755. The van der Waals surface area contributed by atoms with Crippen LogP contribution in [0.5, 0.6) is 5.75 Å². The van der Waals surface area contributed by atoms with Crippen molar-refractivity contribution in [2.75, 3.05) is 19.7 Å². The van der Waals surface area contributed by atoms with Crippen LogP contribution in [0.3, 0.4) is 0 Å². The van der Waals surface area contributed by atoms with E-state index in [2.05, 4.69) is 40.4 Å². The molecular formula is C32H32ClF3N2O2S. The van der Waals surface area contributed by atoms with Gasteiger partial charge in [0.15, 0.2) is 0 Å². The first kappa shape index (κ1) is 30.9. The Bertz CT molecular complexity index is 1350. The van der Waals surface area contributed by atoms with E-state index in [0.717, 1.165) is 18.4 Å². The van der Waals surface area contributed by atoms with Crippen LogP contribution in [-0.2, 0) is 13.1 Å². The van der Waals surface area contributed by atoms with Crippen molar-refractivity contribution in [2.24, 2.45) is 5.18 Å². The van der Waals surface area contributed by atoms with E-state index in [0.29, 0.717) is 44.0 Å². The first-order valence-corrected chi connectivity index (χ1v) is 14.7. The van der Waals surface area contributed by atoms with Gasteiger partial charge in [-0.1, -0.05) is 89.6 Å². The summed E-state index contributed by atoms with van der Waals surface area (Å²) in [7, 11) is 0.